The highest BCUT2D eigenvalue weighted by Crippen LogP contribution is 2.26. The molecule has 146 valence electrons. The van der Waals surface area contributed by atoms with Gasteiger partial charge in [0.25, 0.3) is 0 Å². The zero-order valence-corrected chi connectivity index (χ0v) is 17.2. The standard InChI is InChI=1S/C18H21ClN2O4S2/c1-25-14-2-5-16(6-3-14)27(23,24)21-10-8-13(9-11-21)18(22)20-12-15-4-7-17(19)26-15/h2-7,13H,8-12H2,1H3,(H,20,22). The molecular formula is C18H21ClN2O4S2. The second-order valence-electron chi connectivity index (χ2n) is 6.28. The monoisotopic (exact) mass is 428 g/mol. The summed E-state index contributed by atoms with van der Waals surface area (Å²) in [6.07, 6.45) is 1.01. The second kappa shape index (κ2) is 8.60. The smallest absolute Gasteiger partial charge is 0.243 e. The summed E-state index contributed by atoms with van der Waals surface area (Å²) in [4.78, 5) is 13.6. The maximum Gasteiger partial charge on any atom is 0.243 e. The normalized spacial score (nSPS) is 16.2. The van der Waals surface area contributed by atoms with E-state index in [1.807, 2.05) is 6.07 Å². The van der Waals surface area contributed by atoms with Crippen molar-refractivity contribution in [3.8, 4) is 5.75 Å². The number of rotatable bonds is 6. The first-order chi connectivity index (χ1) is 12.9. The maximum atomic E-state index is 12.7. The number of amides is 1. The Bertz CT molecular complexity index is 888. The number of methoxy groups -OCH3 is 1. The van der Waals surface area contributed by atoms with Crippen molar-refractivity contribution in [2.45, 2.75) is 24.3 Å². The average molecular weight is 429 g/mol. The molecule has 1 N–H and O–H groups in total. The molecule has 0 saturated carbocycles. The van der Waals surface area contributed by atoms with E-state index in [2.05, 4.69) is 5.32 Å². The van der Waals surface area contributed by atoms with Gasteiger partial charge in [-0.05, 0) is 49.2 Å². The number of nitrogens with zero attached hydrogens (tertiary/aromatic N) is 1. The maximum absolute atomic E-state index is 12.7. The van der Waals surface area contributed by atoms with Crippen molar-refractivity contribution in [3.63, 3.8) is 0 Å². The summed E-state index contributed by atoms with van der Waals surface area (Å²) < 4.78 is 32.7. The molecule has 1 aromatic carbocycles. The minimum Gasteiger partial charge on any atom is -0.497 e. The van der Waals surface area contributed by atoms with Crippen LogP contribution in [-0.4, -0.2) is 38.8 Å². The Hall–Kier alpha value is -1.61. The minimum absolute atomic E-state index is 0.0407. The van der Waals surface area contributed by atoms with Crippen LogP contribution in [0.2, 0.25) is 4.34 Å². The van der Waals surface area contributed by atoms with Gasteiger partial charge in [-0.1, -0.05) is 11.6 Å². The summed E-state index contributed by atoms with van der Waals surface area (Å²) >= 11 is 7.32. The fourth-order valence-electron chi connectivity index (χ4n) is 3.02. The highest BCUT2D eigenvalue weighted by atomic mass is 35.5. The Balaban J connectivity index is 1.54. The van der Waals surface area contributed by atoms with Gasteiger partial charge < -0.3 is 10.1 Å². The summed E-state index contributed by atoms with van der Waals surface area (Å²) in [7, 11) is -2.02. The van der Waals surface area contributed by atoms with Crippen LogP contribution in [0.4, 0.5) is 0 Å². The molecule has 3 rings (SSSR count). The van der Waals surface area contributed by atoms with Gasteiger partial charge in [-0.25, -0.2) is 8.42 Å². The second-order valence-corrected chi connectivity index (χ2v) is 10.0. The number of halogens is 1. The van der Waals surface area contributed by atoms with E-state index in [4.69, 9.17) is 16.3 Å². The zero-order chi connectivity index (χ0) is 19.4. The van der Waals surface area contributed by atoms with Crippen molar-refractivity contribution in [1.29, 1.82) is 0 Å². The molecule has 1 aliphatic rings. The van der Waals surface area contributed by atoms with Crippen molar-refractivity contribution in [2.24, 2.45) is 5.92 Å². The van der Waals surface area contributed by atoms with E-state index in [0.717, 1.165) is 4.88 Å². The lowest BCUT2D eigenvalue weighted by molar-refractivity contribution is -0.126. The van der Waals surface area contributed by atoms with Crippen LogP contribution < -0.4 is 10.1 Å². The first-order valence-electron chi connectivity index (χ1n) is 8.56. The number of ether oxygens (including phenoxy) is 1. The van der Waals surface area contributed by atoms with Crippen LogP contribution in [0.3, 0.4) is 0 Å². The molecule has 6 nitrogen and oxygen atoms in total. The fraction of sp³-hybridized carbons (Fsp3) is 0.389. The summed E-state index contributed by atoms with van der Waals surface area (Å²) in [5.41, 5.74) is 0. The molecule has 0 bridgehead atoms. The summed E-state index contributed by atoms with van der Waals surface area (Å²) in [6.45, 7) is 1.11. The predicted molar refractivity (Wildman–Crippen MR) is 106 cm³/mol. The van der Waals surface area contributed by atoms with E-state index in [1.165, 1.54) is 22.8 Å². The van der Waals surface area contributed by atoms with E-state index >= 15 is 0 Å². The molecule has 0 atom stereocenters. The van der Waals surface area contributed by atoms with Crippen LogP contribution in [0.25, 0.3) is 0 Å². The van der Waals surface area contributed by atoms with E-state index in [1.54, 1.807) is 30.3 Å². The molecule has 1 aliphatic heterocycles. The highest BCUT2D eigenvalue weighted by Gasteiger charge is 2.32. The third kappa shape index (κ3) is 4.82. The van der Waals surface area contributed by atoms with E-state index in [9.17, 15) is 13.2 Å². The highest BCUT2D eigenvalue weighted by molar-refractivity contribution is 7.89. The number of piperidine rings is 1. The van der Waals surface area contributed by atoms with Crippen molar-refractivity contribution in [2.75, 3.05) is 20.2 Å². The lowest BCUT2D eigenvalue weighted by Gasteiger charge is -2.30. The van der Waals surface area contributed by atoms with Crippen LogP contribution >= 0.6 is 22.9 Å². The largest absolute Gasteiger partial charge is 0.497 e. The summed E-state index contributed by atoms with van der Waals surface area (Å²) in [6, 6.07) is 10.0. The Labute approximate surface area is 168 Å². The molecule has 1 saturated heterocycles. The van der Waals surface area contributed by atoms with Crippen LogP contribution in [0, 0.1) is 5.92 Å². The number of carbonyl (C=O) groups excluding carboxylic acids is 1. The van der Waals surface area contributed by atoms with Gasteiger partial charge in [-0.3, -0.25) is 4.79 Å². The van der Waals surface area contributed by atoms with Crippen LogP contribution in [0.1, 0.15) is 17.7 Å². The molecule has 2 aromatic rings. The van der Waals surface area contributed by atoms with Crippen molar-refractivity contribution in [1.82, 2.24) is 9.62 Å². The summed E-state index contributed by atoms with van der Waals surface area (Å²) in [5.74, 6) is 0.389. The minimum atomic E-state index is -3.56. The molecule has 0 spiro atoms. The summed E-state index contributed by atoms with van der Waals surface area (Å²) in [5, 5.41) is 2.91. The third-order valence-electron chi connectivity index (χ3n) is 4.59. The predicted octanol–water partition coefficient (Wildman–Crippen LogP) is 3.13. The van der Waals surface area contributed by atoms with Crippen LogP contribution in [0.15, 0.2) is 41.3 Å². The quantitative estimate of drug-likeness (QED) is 0.766. The van der Waals surface area contributed by atoms with Gasteiger partial charge >= 0.3 is 0 Å². The first-order valence-corrected chi connectivity index (χ1v) is 11.2. The number of carbonyl (C=O) groups is 1. The Kier molecular flexibility index (Phi) is 6.41. The molecule has 9 heteroatoms. The fourth-order valence-corrected chi connectivity index (χ4v) is 5.52. The lowest BCUT2D eigenvalue weighted by atomic mass is 9.97. The van der Waals surface area contributed by atoms with E-state index in [0.29, 0.717) is 42.6 Å². The molecule has 1 fully saturated rings. The molecule has 2 heterocycles. The topological polar surface area (TPSA) is 75.7 Å². The van der Waals surface area contributed by atoms with Crippen molar-refractivity contribution >= 4 is 38.9 Å². The molecule has 0 aliphatic carbocycles. The van der Waals surface area contributed by atoms with Gasteiger partial charge in [0.15, 0.2) is 0 Å². The lowest BCUT2D eigenvalue weighted by Crippen LogP contribution is -2.42. The van der Waals surface area contributed by atoms with Gasteiger partial charge in [0.1, 0.15) is 5.75 Å². The number of hydrogen-bond acceptors (Lipinski definition) is 5. The number of sulfonamides is 1. The SMILES string of the molecule is COc1ccc(S(=O)(=O)N2CCC(C(=O)NCc3ccc(Cl)s3)CC2)cc1. The first kappa shape index (κ1) is 20.1. The third-order valence-corrected chi connectivity index (χ3v) is 7.73. The number of benzene rings is 1. The van der Waals surface area contributed by atoms with Gasteiger partial charge in [-0.15, -0.1) is 11.3 Å². The van der Waals surface area contributed by atoms with Gasteiger partial charge in [0.2, 0.25) is 15.9 Å². The molecule has 27 heavy (non-hydrogen) atoms. The molecular weight excluding hydrogens is 408 g/mol. The van der Waals surface area contributed by atoms with Crippen LogP contribution in [-0.2, 0) is 21.4 Å². The van der Waals surface area contributed by atoms with Gasteiger partial charge in [0.05, 0.1) is 22.9 Å². The number of thiophene rings is 1. The van der Waals surface area contributed by atoms with E-state index in [-0.39, 0.29) is 16.7 Å². The molecule has 0 unspecified atom stereocenters. The average Bonchev–Trinajstić information content (AvgIpc) is 3.11. The Morgan fingerprint density at radius 2 is 1.89 bits per heavy atom. The molecule has 1 amide bonds. The number of hydrogen-bond donors (Lipinski definition) is 1. The Morgan fingerprint density at radius 1 is 1.22 bits per heavy atom. The molecule has 0 radical (unpaired) electrons. The van der Waals surface area contributed by atoms with Crippen molar-refractivity contribution in [3.05, 3.63) is 45.6 Å². The number of nitrogens with one attached hydrogen (secondary N) is 1. The zero-order valence-electron chi connectivity index (χ0n) is 14.9. The van der Waals surface area contributed by atoms with E-state index < -0.39 is 10.0 Å². The van der Waals surface area contributed by atoms with Gasteiger partial charge in [-0.2, -0.15) is 4.31 Å². The molecule has 1 aromatic heterocycles. The van der Waals surface area contributed by atoms with Crippen molar-refractivity contribution < 1.29 is 17.9 Å². The van der Waals surface area contributed by atoms with Crippen LogP contribution in [0.5, 0.6) is 5.75 Å². The van der Waals surface area contributed by atoms with Gasteiger partial charge in [0, 0.05) is 23.9 Å². The Morgan fingerprint density at radius 3 is 2.44 bits per heavy atom.